The highest BCUT2D eigenvalue weighted by molar-refractivity contribution is 5.94. The molecule has 6 nitrogen and oxygen atoms in total. The third-order valence-corrected chi connectivity index (χ3v) is 5.46. The molecule has 150 valence electrons. The maximum absolute atomic E-state index is 12.8. The van der Waals surface area contributed by atoms with E-state index >= 15 is 0 Å². The Balaban J connectivity index is 1.35. The van der Waals surface area contributed by atoms with Crippen LogP contribution >= 0.6 is 0 Å². The Hall–Kier alpha value is -3.15. The molecule has 2 heterocycles. The first-order valence-corrected chi connectivity index (χ1v) is 10.2. The minimum absolute atomic E-state index is 0.0756. The number of likely N-dealkylation sites (tertiary alicyclic amines) is 1. The van der Waals surface area contributed by atoms with Gasteiger partial charge in [0.25, 0.3) is 5.91 Å². The van der Waals surface area contributed by atoms with Gasteiger partial charge in [0.2, 0.25) is 5.91 Å². The maximum atomic E-state index is 12.8. The van der Waals surface area contributed by atoms with Gasteiger partial charge in [-0.25, -0.2) is 4.98 Å². The van der Waals surface area contributed by atoms with E-state index in [1.807, 2.05) is 54.3 Å². The highest BCUT2D eigenvalue weighted by Crippen LogP contribution is 2.27. The molecule has 4 rings (SSSR count). The number of carbonyl (C=O) groups is 2. The first-order chi connectivity index (χ1) is 14.1. The number of benzene rings is 2. The van der Waals surface area contributed by atoms with Crippen LogP contribution in [-0.4, -0.2) is 45.8 Å². The van der Waals surface area contributed by atoms with Crippen LogP contribution in [0.2, 0.25) is 0 Å². The van der Waals surface area contributed by atoms with Gasteiger partial charge in [0.05, 0.1) is 11.0 Å². The van der Waals surface area contributed by atoms with Crippen LogP contribution in [0.5, 0.6) is 0 Å². The zero-order chi connectivity index (χ0) is 20.2. The molecule has 0 aliphatic carbocycles. The number of aromatic amines is 1. The largest absolute Gasteiger partial charge is 0.349 e. The molecule has 1 aliphatic rings. The number of carbonyl (C=O) groups excluding carboxylic acids is 2. The number of nitrogens with one attached hydrogen (secondary N) is 2. The van der Waals surface area contributed by atoms with E-state index in [0.29, 0.717) is 18.5 Å². The quantitative estimate of drug-likeness (QED) is 0.700. The zero-order valence-electron chi connectivity index (χ0n) is 16.6. The summed E-state index contributed by atoms with van der Waals surface area (Å²) in [6.45, 7) is 3.30. The number of hydrogen-bond acceptors (Lipinski definition) is 3. The van der Waals surface area contributed by atoms with Crippen LogP contribution < -0.4 is 5.32 Å². The Labute approximate surface area is 170 Å². The van der Waals surface area contributed by atoms with Gasteiger partial charge in [0.1, 0.15) is 5.82 Å². The molecule has 6 heteroatoms. The molecule has 1 saturated heterocycles. The summed E-state index contributed by atoms with van der Waals surface area (Å²) in [5.41, 5.74) is 2.60. The van der Waals surface area contributed by atoms with E-state index < -0.39 is 0 Å². The first-order valence-electron chi connectivity index (χ1n) is 10.2. The van der Waals surface area contributed by atoms with Crippen molar-refractivity contribution >= 4 is 22.8 Å². The van der Waals surface area contributed by atoms with Crippen LogP contribution in [0.4, 0.5) is 0 Å². The van der Waals surface area contributed by atoms with Crippen molar-refractivity contribution in [3.63, 3.8) is 0 Å². The lowest BCUT2D eigenvalue weighted by atomic mass is 9.97. The Bertz CT molecular complexity index is 965. The second-order valence-corrected chi connectivity index (χ2v) is 7.76. The summed E-state index contributed by atoms with van der Waals surface area (Å²) in [6, 6.07) is 16.8. The summed E-state index contributed by atoms with van der Waals surface area (Å²) < 4.78 is 0. The molecular weight excluding hydrogens is 364 g/mol. The number of imidazole rings is 1. The summed E-state index contributed by atoms with van der Waals surface area (Å²) >= 11 is 0. The lowest BCUT2D eigenvalue weighted by Gasteiger charge is -2.32. The Kier molecular flexibility index (Phi) is 5.60. The van der Waals surface area contributed by atoms with Crippen molar-refractivity contribution in [2.45, 2.75) is 38.1 Å². The van der Waals surface area contributed by atoms with Crippen LogP contribution in [0.25, 0.3) is 11.0 Å². The molecule has 29 heavy (non-hydrogen) atoms. The zero-order valence-corrected chi connectivity index (χ0v) is 16.6. The predicted octanol–water partition coefficient (Wildman–Crippen LogP) is 3.48. The number of para-hydroxylation sites is 2. The minimum atomic E-state index is -0.221. The number of rotatable bonds is 5. The minimum Gasteiger partial charge on any atom is -0.349 e. The maximum Gasteiger partial charge on any atom is 0.251 e. The molecule has 0 bridgehead atoms. The van der Waals surface area contributed by atoms with Gasteiger partial charge in [0.15, 0.2) is 0 Å². The van der Waals surface area contributed by atoms with E-state index in [2.05, 4.69) is 10.3 Å². The van der Waals surface area contributed by atoms with Gasteiger partial charge in [-0.2, -0.15) is 0 Å². The fraction of sp³-hybridized carbons (Fsp3) is 0.348. The summed E-state index contributed by atoms with van der Waals surface area (Å²) in [4.78, 5) is 35.1. The average molecular weight is 390 g/mol. The van der Waals surface area contributed by atoms with Crippen LogP contribution in [0, 0.1) is 0 Å². The Morgan fingerprint density at radius 3 is 2.72 bits per heavy atom. The van der Waals surface area contributed by atoms with Crippen molar-refractivity contribution in [2.24, 2.45) is 0 Å². The molecule has 0 radical (unpaired) electrons. The molecule has 1 aromatic heterocycles. The standard InChI is InChI=1S/C23H26N4O2/c1-16(24-23(29)17-8-3-2-4-9-17)14-21(28)27-13-7-10-18(15-27)22-25-19-11-5-6-12-20(19)26-22/h2-6,8-9,11-12,16,18H,7,10,13-15H2,1H3,(H,24,29)(H,25,26). The molecule has 2 unspecified atom stereocenters. The number of fused-ring (bicyclic) bond motifs is 1. The van der Waals surface area contributed by atoms with Crippen LogP contribution in [0.1, 0.15) is 48.3 Å². The summed E-state index contributed by atoms with van der Waals surface area (Å²) in [5, 5.41) is 2.92. The highest BCUT2D eigenvalue weighted by atomic mass is 16.2. The smallest absolute Gasteiger partial charge is 0.251 e. The Morgan fingerprint density at radius 2 is 1.93 bits per heavy atom. The fourth-order valence-electron chi connectivity index (χ4n) is 3.93. The van der Waals surface area contributed by atoms with Gasteiger partial charge < -0.3 is 15.2 Å². The van der Waals surface area contributed by atoms with Crippen molar-refractivity contribution in [1.29, 1.82) is 0 Å². The number of amides is 2. The van der Waals surface area contributed by atoms with Gasteiger partial charge >= 0.3 is 0 Å². The monoisotopic (exact) mass is 390 g/mol. The summed E-state index contributed by atoms with van der Waals surface area (Å²) in [5.74, 6) is 1.10. The molecule has 0 saturated carbocycles. The van der Waals surface area contributed by atoms with Gasteiger partial charge in [-0.3, -0.25) is 9.59 Å². The second-order valence-electron chi connectivity index (χ2n) is 7.76. The second kappa shape index (κ2) is 8.47. The molecule has 2 atom stereocenters. The fourth-order valence-corrected chi connectivity index (χ4v) is 3.93. The van der Waals surface area contributed by atoms with Crippen molar-refractivity contribution in [1.82, 2.24) is 20.2 Å². The van der Waals surface area contributed by atoms with Crippen molar-refractivity contribution < 1.29 is 9.59 Å². The normalized spacial score (nSPS) is 17.8. The van der Waals surface area contributed by atoms with E-state index in [-0.39, 0.29) is 23.8 Å². The van der Waals surface area contributed by atoms with E-state index in [0.717, 1.165) is 36.2 Å². The van der Waals surface area contributed by atoms with Crippen molar-refractivity contribution in [3.05, 3.63) is 66.0 Å². The first kappa shape index (κ1) is 19.2. The molecule has 1 fully saturated rings. The topological polar surface area (TPSA) is 78.1 Å². The predicted molar refractivity (Wildman–Crippen MR) is 113 cm³/mol. The van der Waals surface area contributed by atoms with Gasteiger partial charge in [-0.05, 0) is 44.0 Å². The van der Waals surface area contributed by atoms with Crippen LogP contribution in [-0.2, 0) is 4.79 Å². The van der Waals surface area contributed by atoms with E-state index in [9.17, 15) is 9.59 Å². The number of H-pyrrole nitrogens is 1. The summed E-state index contributed by atoms with van der Waals surface area (Å²) in [6.07, 6.45) is 2.27. The van der Waals surface area contributed by atoms with Gasteiger partial charge in [-0.15, -0.1) is 0 Å². The summed E-state index contributed by atoms with van der Waals surface area (Å²) in [7, 11) is 0. The van der Waals surface area contributed by atoms with E-state index in [1.165, 1.54) is 0 Å². The van der Waals surface area contributed by atoms with Crippen molar-refractivity contribution in [3.8, 4) is 0 Å². The molecule has 2 N–H and O–H groups in total. The van der Waals surface area contributed by atoms with Crippen LogP contribution in [0.15, 0.2) is 54.6 Å². The highest BCUT2D eigenvalue weighted by Gasteiger charge is 2.27. The number of hydrogen-bond donors (Lipinski definition) is 2. The van der Waals surface area contributed by atoms with Crippen LogP contribution in [0.3, 0.4) is 0 Å². The molecule has 2 amide bonds. The Morgan fingerprint density at radius 1 is 1.17 bits per heavy atom. The SMILES string of the molecule is CC(CC(=O)N1CCCC(c2nc3ccccc3[nH]2)C1)NC(=O)c1ccccc1. The lowest BCUT2D eigenvalue weighted by Crippen LogP contribution is -2.43. The number of piperidine rings is 1. The molecule has 2 aromatic carbocycles. The lowest BCUT2D eigenvalue weighted by molar-refractivity contribution is -0.132. The molecular formula is C23H26N4O2. The van der Waals surface area contributed by atoms with Crippen molar-refractivity contribution in [2.75, 3.05) is 13.1 Å². The molecule has 3 aromatic rings. The third-order valence-electron chi connectivity index (χ3n) is 5.46. The van der Waals surface area contributed by atoms with E-state index in [1.54, 1.807) is 12.1 Å². The molecule has 1 aliphatic heterocycles. The third kappa shape index (κ3) is 4.47. The van der Waals surface area contributed by atoms with Gasteiger partial charge in [0, 0.05) is 37.0 Å². The van der Waals surface area contributed by atoms with E-state index in [4.69, 9.17) is 4.98 Å². The molecule has 0 spiro atoms. The van der Waals surface area contributed by atoms with Gasteiger partial charge in [-0.1, -0.05) is 30.3 Å². The number of nitrogens with zero attached hydrogens (tertiary/aromatic N) is 2. The average Bonchev–Trinajstić information content (AvgIpc) is 3.19. The number of aromatic nitrogens is 2.